The van der Waals surface area contributed by atoms with E-state index >= 15 is 0 Å². The van der Waals surface area contributed by atoms with Gasteiger partial charge in [0, 0.05) is 30.1 Å². The highest BCUT2D eigenvalue weighted by Gasteiger charge is 2.55. The number of aliphatic imine (C=N–C) groups is 1. The third-order valence-electron chi connectivity index (χ3n) is 5.11. The van der Waals surface area contributed by atoms with Crippen LogP contribution in [-0.4, -0.2) is 41.4 Å². The van der Waals surface area contributed by atoms with Gasteiger partial charge in [-0.15, -0.1) is 0 Å². The lowest BCUT2D eigenvalue weighted by molar-refractivity contribution is -0.117. The van der Waals surface area contributed by atoms with Crippen LogP contribution < -0.4 is 10.5 Å². The lowest BCUT2D eigenvalue weighted by Gasteiger charge is -2.45. The first-order valence-electron chi connectivity index (χ1n) is 8.42. The Bertz CT molecular complexity index is 841. The predicted octanol–water partition coefficient (Wildman–Crippen LogP) is 1.62. The molecule has 0 bridgehead atoms. The first-order valence-corrected chi connectivity index (χ1v) is 8.42. The number of fused-ring (bicyclic) bond motifs is 4. The highest BCUT2D eigenvalue weighted by molar-refractivity contribution is 5.75. The van der Waals surface area contributed by atoms with E-state index in [9.17, 15) is 0 Å². The molecule has 5 rings (SSSR count). The summed E-state index contributed by atoms with van der Waals surface area (Å²) in [5.41, 5.74) is 8.09. The van der Waals surface area contributed by atoms with E-state index in [1.54, 1.807) is 12.4 Å². The maximum absolute atomic E-state index is 6.23. The van der Waals surface area contributed by atoms with Crippen molar-refractivity contribution < 1.29 is 14.2 Å². The quantitative estimate of drug-likeness (QED) is 0.849. The van der Waals surface area contributed by atoms with E-state index in [2.05, 4.69) is 21.0 Å². The van der Waals surface area contributed by atoms with Crippen LogP contribution in [0, 0.1) is 0 Å². The standard InChI is InChI=1S/C18H18N4O3/c19-17-22-18(9-24-17)13-6-11(12-7-20-10-21-8-12)3-4-14(13)25-15-2-1-5-23-16(15)18/h3-4,6-8,10,15-16H,1-2,5,9H2,(H2,19,22)/t15?,16-,18+/m0/s1. The molecule has 7 heteroatoms. The molecule has 3 atom stereocenters. The summed E-state index contributed by atoms with van der Waals surface area (Å²) in [6.07, 6.45) is 6.77. The van der Waals surface area contributed by atoms with Gasteiger partial charge in [-0.05, 0) is 30.5 Å². The lowest BCUT2D eigenvalue weighted by atomic mass is 9.78. The molecule has 3 aliphatic heterocycles. The average molecular weight is 338 g/mol. The Morgan fingerprint density at radius 1 is 1.16 bits per heavy atom. The molecule has 0 radical (unpaired) electrons. The van der Waals surface area contributed by atoms with Crippen molar-refractivity contribution in [2.24, 2.45) is 10.7 Å². The van der Waals surface area contributed by atoms with E-state index in [1.807, 2.05) is 12.1 Å². The Kier molecular flexibility index (Phi) is 3.18. The van der Waals surface area contributed by atoms with Crippen molar-refractivity contribution in [3.63, 3.8) is 0 Å². The fourth-order valence-electron chi connectivity index (χ4n) is 3.96. The third kappa shape index (κ3) is 2.19. The van der Waals surface area contributed by atoms with Gasteiger partial charge in [-0.3, -0.25) is 0 Å². The zero-order valence-corrected chi connectivity index (χ0v) is 13.6. The van der Waals surface area contributed by atoms with E-state index in [1.165, 1.54) is 6.33 Å². The SMILES string of the molecule is NC1=N[C@]2(CO1)c1cc(-c3cncnc3)ccc1OC1CCCO[C@@H]12. The highest BCUT2D eigenvalue weighted by Crippen LogP contribution is 2.48. The predicted molar refractivity (Wildman–Crippen MR) is 90.1 cm³/mol. The number of hydrogen-bond acceptors (Lipinski definition) is 7. The molecular weight excluding hydrogens is 320 g/mol. The van der Waals surface area contributed by atoms with Crippen molar-refractivity contribution in [3.8, 4) is 16.9 Å². The minimum Gasteiger partial charge on any atom is -0.487 e. The van der Waals surface area contributed by atoms with Gasteiger partial charge in [0.25, 0.3) is 6.02 Å². The first-order chi connectivity index (χ1) is 12.3. The summed E-state index contributed by atoms with van der Waals surface area (Å²) in [7, 11) is 0. The lowest BCUT2D eigenvalue weighted by Crippen LogP contribution is -2.55. The molecule has 1 aromatic heterocycles. The Morgan fingerprint density at radius 2 is 2.04 bits per heavy atom. The Morgan fingerprint density at radius 3 is 2.84 bits per heavy atom. The van der Waals surface area contributed by atoms with Gasteiger partial charge in [-0.2, -0.15) is 0 Å². The van der Waals surface area contributed by atoms with Crippen LogP contribution in [-0.2, 0) is 15.0 Å². The molecule has 25 heavy (non-hydrogen) atoms. The van der Waals surface area contributed by atoms with Crippen LogP contribution in [0.25, 0.3) is 11.1 Å². The fourth-order valence-corrected chi connectivity index (χ4v) is 3.96. The zero-order chi connectivity index (χ0) is 16.9. The van der Waals surface area contributed by atoms with Gasteiger partial charge in [-0.1, -0.05) is 6.07 Å². The summed E-state index contributed by atoms with van der Waals surface area (Å²) in [6.45, 7) is 1.06. The van der Waals surface area contributed by atoms with Gasteiger partial charge in [0.05, 0.1) is 0 Å². The second-order valence-electron chi connectivity index (χ2n) is 6.59. The number of rotatable bonds is 1. The maximum atomic E-state index is 6.23. The summed E-state index contributed by atoms with van der Waals surface area (Å²) in [5, 5.41) is 0. The van der Waals surface area contributed by atoms with Crippen molar-refractivity contribution in [3.05, 3.63) is 42.5 Å². The minimum absolute atomic E-state index is 0.0367. The number of aromatic nitrogens is 2. The van der Waals surface area contributed by atoms with Crippen molar-refractivity contribution in [1.82, 2.24) is 9.97 Å². The molecule has 3 aliphatic rings. The molecule has 4 heterocycles. The van der Waals surface area contributed by atoms with Crippen LogP contribution in [0.3, 0.4) is 0 Å². The molecule has 128 valence electrons. The number of hydrogen-bond donors (Lipinski definition) is 1. The molecule has 1 unspecified atom stereocenters. The maximum Gasteiger partial charge on any atom is 0.283 e. The second-order valence-corrected chi connectivity index (χ2v) is 6.59. The minimum atomic E-state index is -0.658. The molecule has 2 aromatic rings. The monoisotopic (exact) mass is 338 g/mol. The molecule has 1 saturated heterocycles. The van der Waals surface area contributed by atoms with E-state index in [0.29, 0.717) is 13.2 Å². The van der Waals surface area contributed by atoms with E-state index < -0.39 is 5.54 Å². The summed E-state index contributed by atoms with van der Waals surface area (Å²) >= 11 is 0. The first kappa shape index (κ1) is 14.7. The van der Waals surface area contributed by atoms with Gasteiger partial charge in [0.1, 0.15) is 30.9 Å². The normalized spacial score (nSPS) is 30.0. The van der Waals surface area contributed by atoms with Crippen LogP contribution in [0.2, 0.25) is 0 Å². The van der Waals surface area contributed by atoms with Gasteiger partial charge in [-0.25, -0.2) is 15.0 Å². The molecule has 1 spiro atoms. The van der Waals surface area contributed by atoms with Crippen molar-refractivity contribution in [2.45, 2.75) is 30.6 Å². The molecule has 1 aromatic carbocycles. The number of benzene rings is 1. The van der Waals surface area contributed by atoms with Crippen LogP contribution in [0.15, 0.2) is 41.9 Å². The summed E-state index contributed by atoms with van der Waals surface area (Å²) in [6, 6.07) is 6.26. The van der Waals surface area contributed by atoms with Crippen LogP contribution >= 0.6 is 0 Å². The average Bonchev–Trinajstić information content (AvgIpc) is 3.05. The van der Waals surface area contributed by atoms with E-state index in [4.69, 9.17) is 19.9 Å². The molecule has 1 fully saturated rings. The van der Waals surface area contributed by atoms with Crippen LogP contribution in [0.5, 0.6) is 5.75 Å². The van der Waals surface area contributed by atoms with Crippen molar-refractivity contribution in [2.75, 3.05) is 13.2 Å². The number of nitrogens with two attached hydrogens (primary N) is 1. The molecule has 0 amide bonds. The fraction of sp³-hybridized carbons (Fsp3) is 0.389. The van der Waals surface area contributed by atoms with E-state index in [0.717, 1.165) is 35.3 Å². The van der Waals surface area contributed by atoms with Crippen LogP contribution in [0.4, 0.5) is 0 Å². The molecule has 2 N–H and O–H groups in total. The molecule has 0 saturated carbocycles. The van der Waals surface area contributed by atoms with Crippen molar-refractivity contribution >= 4 is 6.02 Å². The van der Waals surface area contributed by atoms with Gasteiger partial charge in [0.15, 0.2) is 5.54 Å². The highest BCUT2D eigenvalue weighted by atomic mass is 16.6. The van der Waals surface area contributed by atoms with Gasteiger partial charge < -0.3 is 19.9 Å². The van der Waals surface area contributed by atoms with E-state index in [-0.39, 0.29) is 18.2 Å². The topological polar surface area (TPSA) is 91.9 Å². The summed E-state index contributed by atoms with van der Waals surface area (Å²) < 4.78 is 17.9. The third-order valence-corrected chi connectivity index (χ3v) is 5.11. The largest absolute Gasteiger partial charge is 0.487 e. The molecular formula is C18H18N4O3. The zero-order valence-electron chi connectivity index (χ0n) is 13.6. The molecule has 7 nitrogen and oxygen atoms in total. The Labute approximate surface area is 144 Å². The van der Waals surface area contributed by atoms with Crippen molar-refractivity contribution in [1.29, 1.82) is 0 Å². The number of amidine groups is 1. The molecule has 0 aliphatic carbocycles. The van der Waals surface area contributed by atoms with Crippen LogP contribution in [0.1, 0.15) is 18.4 Å². The number of ether oxygens (including phenoxy) is 3. The number of nitrogens with zero attached hydrogens (tertiary/aromatic N) is 3. The smallest absolute Gasteiger partial charge is 0.283 e. The van der Waals surface area contributed by atoms with Gasteiger partial charge >= 0.3 is 0 Å². The second kappa shape index (κ2) is 5.42. The summed E-state index contributed by atoms with van der Waals surface area (Å²) in [5.74, 6) is 0.814. The van der Waals surface area contributed by atoms with Gasteiger partial charge in [0.2, 0.25) is 0 Å². The summed E-state index contributed by atoms with van der Waals surface area (Å²) in [4.78, 5) is 12.9. The Hall–Kier alpha value is -2.67. The Balaban J connectivity index is 1.68.